The maximum atomic E-state index is 13.2. The lowest BCUT2D eigenvalue weighted by Crippen LogP contribution is -2.23. The number of hydrogen-bond donors (Lipinski definition) is 0. The topological polar surface area (TPSA) is 15.6 Å². The third-order valence-corrected chi connectivity index (χ3v) is 4.87. The monoisotopic (exact) mass is 294 g/mol. The van der Waals surface area contributed by atoms with E-state index in [4.69, 9.17) is 5.10 Å². The Labute approximate surface area is 130 Å². The molecule has 112 valence electrons. The molecule has 0 radical (unpaired) electrons. The molecule has 0 fully saturated rings. The van der Waals surface area contributed by atoms with Crippen LogP contribution in [0.15, 0.2) is 53.6 Å². The van der Waals surface area contributed by atoms with Gasteiger partial charge in [0.2, 0.25) is 0 Å². The number of halogens is 1. The van der Waals surface area contributed by atoms with Crippen molar-refractivity contribution in [3.63, 3.8) is 0 Å². The molecule has 2 aliphatic rings. The zero-order valence-electron chi connectivity index (χ0n) is 12.7. The molecule has 22 heavy (non-hydrogen) atoms. The van der Waals surface area contributed by atoms with Crippen LogP contribution in [0.3, 0.4) is 0 Å². The number of hydrazone groups is 1. The summed E-state index contributed by atoms with van der Waals surface area (Å²) in [7, 11) is 2.03. The summed E-state index contributed by atoms with van der Waals surface area (Å²) in [4.78, 5) is 0. The molecule has 1 heterocycles. The smallest absolute Gasteiger partial charge is 0.123 e. The quantitative estimate of drug-likeness (QED) is 0.771. The summed E-state index contributed by atoms with van der Waals surface area (Å²) in [5.41, 5.74) is 5.04. The van der Waals surface area contributed by atoms with Crippen LogP contribution in [0.25, 0.3) is 0 Å². The number of fused-ring (bicyclic) bond motifs is 3. The predicted molar refractivity (Wildman–Crippen MR) is 86.3 cm³/mol. The number of benzene rings is 2. The Morgan fingerprint density at radius 2 is 1.86 bits per heavy atom. The molecular formula is C19H19FN2. The Kier molecular flexibility index (Phi) is 3.21. The van der Waals surface area contributed by atoms with E-state index in [1.54, 1.807) is 12.1 Å². The first kappa shape index (κ1) is 13.5. The molecule has 2 nitrogen and oxygen atoms in total. The van der Waals surface area contributed by atoms with Crippen molar-refractivity contribution in [1.82, 2.24) is 5.01 Å². The predicted octanol–water partition coefficient (Wildman–Crippen LogP) is 4.17. The molecule has 2 aromatic carbocycles. The molecule has 2 aromatic rings. The van der Waals surface area contributed by atoms with E-state index in [0.717, 1.165) is 18.4 Å². The average molecular weight is 294 g/mol. The van der Waals surface area contributed by atoms with Gasteiger partial charge in [-0.25, -0.2) is 4.39 Å². The summed E-state index contributed by atoms with van der Waals surface area (Å²) in [6, 6.07) is 15.7. The van der Waals surface area contributed by atoms with Gasteiger partial charge in [-0.15, -0.1) is 0 Å². The van der Waals surface area contributed by atoms with Gasteiger partial charge >= 0.3 is 0 Å². The van der Waals surface area contributed by atoms with Crippen LogP contribution >= 0.6 is 0 Å². The molecule has 0 bridgehead atoms. The van der Waals surface area contributed by atoms with Crippen molar-refractivity contribution in [2.75, 3.05) is 7.05 Å². The Morgan fingerprint density at radius 1 is 1.09 bits per heavy atom. The second-order valence-corrected chi connectivity index (χ2v) is 6.21. The van der Waals surface area contributed by atoms with E-state index in [0.29, 0.717) is 5.92 Å². The number of nitrogens with zero attached hydrogens (tertiary/aromatic N) is 2. The summed E-state index contributed by atoms with van der Waals surface area (Å²) >= 11 is 0. The molecule has 1 aliphatic carbocycles. The van der Waals surface area contributed by atoms with Gasteiger partial charge < -0.3 is 0 Å². The van der Waals surface area contributed by atoms with Gasteiger partial charge in [-0.05, 0) is 42.5 Å². The van der Waals surface area contributed by atoms with Gasteiger partial charge in [-0.3, -0.25) is 5.01 Å². The van der Waals surface area contributed by atoms with Crippen molar-refractivity contribution in [3.8, 4) is 0 Å². The summed E-state index contributed by atoms with van der Waals surface area (Å²) < 4.78 is 13.2. The lowest BCUT2D eigenvalue weighted by molar-refractivity contribution is 0.243. The highest BCUT2D eigenvalue weighted by Crippen LogP contribution is 2.41. The molecule has 2 atom stereocenters. The molecule has 0 spiro atoms. The minimum absolute atomic E-state index is 0.184. The largest absolute Gasteiger partial charge is 0.292 e. The molecule has 3 heteroatoms. The molecule has 0 saturated heterocycles. The Bertz CT molecular complexity index is 720. The SMILES string of the molecule is CN1N=C2c3ccccc3CCC[C@H]2[C@H]1c1ccc(F)cc1. The molecule has 0 N–H and O–H groups in total. The van der Waals surface area contributed by atoms with Crippen LogP contribution in [0.5, 0.6) is 0 Å². The molecule has 0 saturated carbocycles. The van der Waals surface area contributed by atoms with E-state index in [9.17, 15) is 4.39 Å². The van der Waals surface area contributed by atoms with Gasteiger partial charge in [0, 0.05) is 18.5 Å². The van der Waals surface area contributed by atoms with Crippen molar-refractivity contribution >= 4 is 5.71 Å². The average Bonchev–Trinajstić information content (AvgIpc) is 2.75. The zero-order valence-corrected chi connectivity index (χ0v) is 12.7. The molecular weight excluding hydrogens is 275 g/mol. The summed E-state index contributed by atoms with van der Waals surface area (Å²) in [5.74, 6) is 0.205. The number of rotatable bonds is 1. The molecule has 0 amide bonds. The number of aryl methyl sites for hydroxylation is 1. The Morgan fingerprint density at radius 3 is 2.68 bits per heavy atom. The van der Waals surface area contributed by atoms with E-state index in [2.05, 4.69) is 29.3 Å². The van der Waals surface area contributed by atoms with Crippen LogP contribution in [0, 0.1) is 11.7 Å². The molecule has 4 rings (SSSR count). The highest BCUT2D eigenvalue weighted by Gasteiger charge is 2.38. The third-order valence-electron chi connectivity index (χ3n) is 4.87. The van der Waals surface area contributed by atoms with E-state index >= 15 is 0 Å². The highest BCUT2D eigenvalue weighted by atomic mass is 19.1. The summed E-state index contributed by atoms with van der Waals surface area (Å²) in [6.45, 7) is 0. The first-order valence-corrected chi connectivity index (χ1v) is 7.89. The van der Waals surface area contributed by atoms with Crippen molar-refractivity contribution in [2.45, 2.75) is 25.3 Å². The number of hydrogen-bond acceptors (Lipinski definition) is 2. The van der Waals surface area contributed by atoms with Crippen LogP contribution in [-0.4, -0.2) is 17.8 Å². The fourth-order valence-corrected chi connectivity index (χ4v) is 3.87. The maximum Gasteiger partial charge on any atom is 0.123 e. The van der Waals surface area contributed by atoms with Crippen molar-refractivity contribution in [1.29, 1.82) is 0 Å². The van der Waals surface area contributed by atoms with E-state index in [1.807, 2.05) is 19.2 Å². The Hall–Kier alpha value is -2.16. The summed E-state index contributed by atoms with van der Waals surface area (Å²) in [6.07, 6.45) is 3.41. The van der Waals surface area contributed by atoms with Crippen LogP contribution in [0.2, 0.25) is 0 Å². The lowest BCUT2D eigenvalue weighted by Gasteiger charge is -2.25. The zero-order chi connectivity index (χ0) is 15.1. The van der Waals surface area contributed by atoms with Crippen molar-refractivity contribution in [2.24, 2.45) is 11.0 Å². The van der Waals surface area contributed by atoms with Gasteiger partial charge in [0.05, 0.1) is 11.8 Å². The minimum atomic E-state index is -0.184. The second-order valence-electron chi connectivity index (χ2n) is 6.21. The van der Waals surface area contributed by atoms with Crippen LogP contribution in [-0.2, 0) is 6.42 Å². The molecule has 1 aliphatic heterocycles. The Balaban J connectivity index is 1.76. The highest BCUT2D eigenvalue weighted by molar-refractivity contribution is 6.05. The van der Waals surface area contributed by atoms with Crippen LogP contribution in [0.4, 0.5) is 4.39 Å². The van der Waals surface area contributed by atoms with E-state index < -0.39 is 0 Å². The normalized spacial score (nSPS) is 23.5. The van der Waals surface area contributed by atoms with E-state index in [-0.39, 0.29) is 11.9 Å². The van der Waals surface area contributed by atoms with Gasteiger partial charge in [0.1, 0.15) is 5.82 Å². The van der Waals surface area contributed by atoms with Gasteiger partial charge in [-0.1, -0.05) is 36.4 Å². The minimum Gasteiger partial charge on any atom is -0.292 e. The van der Waals surface area contributed by atoms with Crippen LogP contribution in [0.1, 0.15) is 35.6 Å². The van der Waals surface area contributed by atoms with Crippen molar-refractivity contribution < 1.29 is 4.39 Å². The third kappa shape index (κ3) is 2.12. The second kappa shape index (κ2) is 5.24. The van der Waals surface area contributed by atoms with Crippen LogP contribution < -0.4 is 0 Å². The first-order valence-electron chi connectivity index (χ1n) is 7.89. The standard InChI is InChI=1S/C19H19FN2/c1-22-19(14-9-11-15(20)12-10-14)17-8-4-6-13-5-2-3-7-16(13)18(17)21-22/h2-3,5,7,9-12,17,19H,4,6,8H2,1H3/t17-,19-/m1/s1. The maximum absolute atomic E-state index is 13.2. The van der Waals surface area contributed by atoms with Crippen molar-refractivity contribution in [3.05, 3.63) is 71.0 Å². The molecule has 0 aromatic heterocycles. The van der Waals surface area contributed by atoms with Gasteiger partial charge in [0.25, 0.3) is 0 Å². The fraction of sp³-hybridized carbons (Fsp3) is 0.316. The van der Waals surface area contributed by atoms with Gasteiger partial charge in [-0.2, -0.15) is 5.10 Å². The fourth-order valence-electron chi connectivity index (χ4n) is 3.87. The first-order chi connectivity index (χ1) is 10.7. The summed E-state index contributed by atoms with van der Waals surface area (Å²) in [5, 5.41) is 6.90. The molecule has 0 unspecified atom stereocenters. The van der Waals surface area contributed by atoms with E-state index in [1.165, 1.54) is 23.3 Å². The lowest BCUT2D eigenvalue weighted by atomic mass is 9.85. The van der Waals surface area contributed by atoms with Gasteiger partial charge in [0.15, 0.2) is 0 Å².